The van der Waals surface area contributed by atoms with E-state index < -0.39 is 5.97 Å². The number of hydrogen-bond donors (Lipinski definition) is 3. The van der Waals surface area contributed by atoms with Crippen molar-refractivity contribution in [2.75, 3.05) is 19.5 Å². The minimum absolute atomic E-state index is 0.0576. The van der Waals surface area contributed by atoms with Crippen LogP contribution in [0.25, 0.3) is 0 Å². The number of benzene rings is 1. The van der Waals surface area contributed by atoms with E-state index in [1.165, 1.54) is 19.2 Å². The quantitative estimate of drug-likeness (QED) is 0.653. The van der Waals surface area contributed by atoms with Crippen molar-refractivity contribution in [2.24, 2.45) is 0 Å². The monoisotopic (exact) mass is 296 g/mol. The Kier molecular flexibility index (Phi) is 5.83. The lowest BCUT2D eigenvalue weighted by Crippen LogP contribution is -2.31. The summed E-state index contributed by atoms with van der Waals surface area (Å²) in [6.07, 6.45) is 0.161. The van der Waals surface area contributed by atoms with Gasteiger partial charge < -0.3 is 25.6 Å². The first-order chi connectivity index (χ1) is 9.85. The fourth-order valence-electron chi connectivity index (χ4n) is 1.68. The molecule has 21 heavy (non-hydrogen) atoms. The Morgan fingerprint density at radius 1 is 1.33 bits per heavy atom. The molecule has 0 atom stereocenters. The maximum atomic E-state index is 11.5. The SMILES string of the molecule is COc1cc(N)c(C(=O)O)cc1OCCC(=O)NC(C)C. The van der Waals surface area contributed by atoms with Gasteiger partial charge in [-0.3, -0.25) is 4.79 Å². The topological polar surface area (TPSA) is 111 Å². The normalized spacial score (nSPS) is 10.3. The highest BCUT2D eigenvalue weighted by Crippen LogP contribution is 2.32. The molecule has 116 valence electrons. The number of rotatable bonds is 7. The summed E-state index contributed by atoms with van der Waals surface area (Å²) in [4.78, 5) is 22.5. The number of nitrogens with two attached hydrogens (primary N) is 1. The van der Waals surface area contributed by atoms with E-state index in [-0.39, 0.29) is 42.0 Å². The van der Waals surface area contributed by atoms with Gasteiger partial charge in [0.05, 0.1) is 31.4 Å². The second kappa shape index (κ2) is 7.37. The maximum Gasteiger partial charge on any atom is 0.337 e. The molecule has 7 nitrogen and oxygen atoms in total. The van der Waals surface area contributed by atoms with Gasteiger partial charge in [0.1, 0.15) is 0 Å². The van der Waals surface area contributed by atoms with Crippen LogP contribution in [0.1, 0.15) is 30.6 Å². The van der Waals surface area contributed by atoms with Crippen LogP contribution in [0.15, 0.2) is 12.1 Å². The molecule has 1 aromatic carbocycles. The summed E-state index contributed by atoms with van der Waals surface area (Å²) in [5.74, 6) is -0.737. The third kappa shape index (κ3) is 4.87. The number of nitrogen functional groups attached to an aromatic ring is 1. The molecule has 0 unspecified atom stereocenters. The highest BCUT2D eigenvalue weighted by Gasteiger charge is 2.15. The summed E-state index contributed by atoms with van der Waals surface area (Å²) < 4.78 is 10.5. The zero-order valence-electron chi connectivity index (χ0n) is 12.3. The third-order valence-corrected chi connectivity index (χ3v) is 2.60. The Hall–Kier alpha value is -2.44. The lowest BCUT2D eigenvalue weighted by Gasteiger charge is -2.13. The summed E-state index contributed by atoms with van der Waals surface area (Å²) >= 11 is 0. The van der Waals surface area contributed by atoms with E-state index in [1.54, 1.807) is 0 Å². The number of carboxylic acid groups (broad SMARTS) is 1. The second-order valence-corrected chi connectivity index (χ2v) is 4.72. The molecule has 1 rings (SSSR count). The standard InChI is InChI=1S/C14H20N2O5/c1-8(2)16-13(17)4-5-21-12-6-9(14(18)19)10(15)7-11(12)20-3/h6-8H,4-5,15H2,1-3H3,(H,16,17)(H,18,19). The molecule has 4 N–H and O–H groups in total. The molecular formula is C14H20N2O5. The van der Waals surface area contributed by atoms with Gasteiger partial charge in [0.2, 0.25) is 5.91 Å². The number of methoxy groups -OCH3 is 1. The Balaban J connectivity index is 2.75. The maximum absolute atomic E-state index is 11.5. The van der Waals surface area contributed by atoms with Gasteiger partial charge in [0.25, 0.3) is 0 Å². The summed E-state index contributed by atoms with van der Waals surface area (Å²) in [5, 5.41) is 11.8. The zero-order valence-corrected chi connectivity index (χ0v) is 12.3. The highest BCUT2D eigenvalue weighted by molar-refractivity contribution is 5.94. The van der Waals surface area contributed by atoms with Gasteiger partial charge in [-0.1, -0.05) is 0 Å². The predicted octanol–water partition coefficient (Wildman–Crippen LogP) is 1.27. The molecule has 7 heteroatoms. The van der Waals surface area contributed by atoms with E-state index in [2.05, 4.69) is 5.32 Å². The van der Waals surface area contributed by atoms with Crippen LogP contribution in [0.2, 0.25) is 0 Å². The van der Waals surface area contributed by atoms with Crippen molar-refractivity contribution in [2.45, 2.75) is 26.3 Å². The smallest absolute Gasteiger partial charge is 0.337 e. The van der Waals surface area contributed by atoms with Gasteiger partial charge in [-0.15, -0.1) is 0 Å². The van der Waals surface area contributed by atoms with Gasteiger partial charge in [0.15, 0.2) is 11.5 Å². The molecule has 0 aliphatic carbocycles. The van der Waals surface area contributed by atoms with E-state index in [0.717, 1.165) is 0 Å². The first-order valence-electron chi connectivity index (χ1n) is 6.48. The van der Waals surface area contributed by atoms with Crippen LogP contribution in [0.4, 0.5) is 5.69 Å². The van der Waals surface area contributed by atoms with Crippen molar-refractivity contribution in [3.8, 4) is 11.5 Å². The largest absolute Gasteiger partial charge is 0.493 e. The van der Waals surface area contributed by atoms with E-state index in [1.807, 2.05) is 13.8 Å². The molecule has 0 aliphatic rings. The third-order valence-electron chi connectivity index (χ3n) is 2.60. The lowest BCUT2D eigenvalue weighted by molar-refractivity contribution is -0.122. The first-order valence-corrected chi connectivity index (χ1v) is 6.48. The fraction of sp³-hybridized carbons (Fsp3) is 0.429. The second-order valence-electron chi connectivity index (χ2n) is 4.72. The number of carbonyl (C=O) groups excluding carboxylic acids is 1. The van der Waals surface area contributed by atoms with E-state index in [9.17, 15) is 9.59 Å². The summed E-state index contributed by atoms with van der Waals surface area (Å²) in [6.45, 7) is 3.83. The number of anilines is 1. The Labute approximate surface area is 123 Å². The van der Waals surface area contributed by atoms with Crippen LogP contribution in [-0.2, 0) is 4.79 Å². The minimum Gasteiger partial charge on any atom is -0.493 e. The van der Waals surface area contributed by atoms with Gasteiger partial charge in [-0.25, -0.2) is 4.79 Å². The number of carboxylic acids is 1. The molecule has 0 radical (unpaired) electrons. The molecule has 0 fully saturated rings. The van der Waals surface area contributed by atoms with Gasteiger partial charge >= 0.3 is 5.97 Å². The Morgan fingerprint density at radius 2 is 2.00 bits per heavy atom. The lowest BCUT2D eigenvalue weighted by atomic mass is 10.1. The van der Waals surface area contributed by atoms with Crippen LogP contribution in [0, 0.1) is 0 Å². The average Bonchev–Trinajstić information content (AvgIpc) is 2.38. The summed E-state index contributed by atoms with van der Waals surface area (Å²) in [5.41, 5.74) is 5.63. The predicted molar refractivity (Wildman–Crippen MR) is 77.8 cm³/mol. The Bertz CT molecular complexity index is 528. The molecule has 0 heterocycles. The van der Waals surface area contributed by atoms with Crippen molar-refractivity contribution in [1.29, 1.82) is 0 Å². The minimum atomic E-state index is -1.16. The van der Waals surface area contributed by atoms with E-state index in [0.29, 0.717) is 5.75 Å². The summed E-state index contributed by atoms with van der Waals surface area (Å²) in [7, 11) is 1.42. The van der Waals surface area contributed by atoms with Crippen molar-refractivity contribution < 1.29 is 24.2 Å². The van der Waals surface area contributed by atoms with Crippen LogP contribution in [-0.4, -0.2) is 36.7 Å². The van der Waals surface area contributed by atoms with Gasteiger partial charge in [-0.05, 0) is 13.8 Å². The highest BCUT2D eigenvalue weighted by atomic mass is 16.5. The van der Waals surface area contributed by atoms with Crippen LogP contribution in [0.3, 0.4) is 0 Å². The molecule has 0 saturated carbocycles. The van der Waals surface area contributed by atoms with E-state index in [4.69, 9.17) is 20.3 Å². The number of ether oxygens (including phenoxy) is 2. The molecule has 0 saturated heterocycles. The van der Waals surface area contributed by atoms with Crippen molar-refractivity contribution >= 4 is 17.6 Å². The number of amides is 1. The van der Waals surface area contributed by atoms with Gasteiger partial charge in [0, 0.05) is 18.2 Å². The van der Waals surface area contributed by atoms with Crippen molar-refractivity contribution in [3.05, 3.63) is 17.7 Å². The zero-order chi connectivity index (χ0) is 16.0. The van der Waals surface area contributed by atoms with Crippen molar-refractivity contribution in [1.82, 2.24) is 5.32 Å². The fourth-order valence-corrected chi connectivity index (χ4v) is 1.68. The van der Waals surface area contributed by atoms with Crippen LogP contribution in [0.5, 0.6) is 11.5 Å². The molecule has 1 amide bonds. The van der Waals surface area contributed by atoms with E-state index >= 15 is 0 Å². The first kappa shape index (κ1) is 16.6. The number of aromatic carboxylic acids is 1. The molecule has 0 aromatic heterocycles. The van der Waals surface area contributed by atoms with Gasteiger partial charge in [-0.2, -0.15) is 0 Å². The van der Waals surface area contributed by atoms with Crippen molar-refractivity contribution in [3.63, 3.8) is 0 Å². The molecule has 0 spiro atoms. The molecular weight excluding hydrogens is 276 g/mol. The average molecular weight is 296 g/mol. The number of nitrogens with one attached hydrogen (secondary N) is 1. The number of hydrogen-bond acceptors (Lipinski definition) is 5. The molecule has 1 aromatic rings. The van der Waals surface area contributed by atoms with Crippen LogP contribution >= 0.6 is 0 Å². The summed E-state index contributed by atoms with van der Waals surface area (Å²) in [6, 6.07) is 2.73. The van der Waals surface area contributed by atoms with Crippen LogP contribution < -0.4 is 20.5 Å². The molecule has 0 aliphatic heterocycles. The Morgan fingerprint density at radius 3 is 2.52 bits per heavy atom. The number of carbonyl (C=O) groups is 2. The molecule has 0 bridgehead atoms.